The van der Waals surface area contributed by atoms with Crippen LogP contribution in [-0.2, 0) is 27.9 Å². The molecule has 0 aromatic carbocycles. The fourth-order valence-electron chi connectivity index (χ4n) is 2.41. The molecule has 0 bridgehead atoms. The predicted octanol–water partition coefficient (Wildman–Crippen LogP) is 0.835. The fourth-order valence-corrected chi connectivity index (χ4v) is 4.04. The van der Waals surface area contributed by atoms with Gasteiger partial charge in [0.15, 0.2) is 5.82 Å². The van der Waals surface area contributed by atoms with Gasteiger partial charge in [0.05, 0.1) is 11.8 Å². The second kappa shape index (κ2) is 6.19. The lowest BCUT2D eigenvalue weighted by Gasteiger charge is -2.23. The fraction of sp³-hybridized carbons (Fsp3) is 0.833. The molecule has 0 unspecified atom stereocenters. The van der Waals surface area contributed by atoms with Gasteiger partial charge in [-0.1, -0.05) is 13.8 Å². The molecule has 1 atom stereocenters. The molecule has 1 aliphatic heterocycles. The summed E-state index contributed by atoms with van der Waals surface area (Å²) >= 11 is 0. The Hall–Kier alpha value is -0.990. The van der Waals surface area contributed by atoms with Gasteiger partial charge in [-0.3, -0.25) is 0 Å². The average molecular weight is 302 g/mol. The molecule has 0 amide bonds. The Balaban J connectivity index is 2.16. The lowest BCUT2D eigenvalue weighted by Crippen LogP contribution is -2.35. The van der Waals surface area contributed by atoms with E-state index >= 15 is 0 Å². The van der Waals surface area contributed by atoms with E-state index in [4.69, 9.17) is 4.74 Å². The first kappa shape index (κ1) is 15.4. The van der Waals surface area contributed by atoms with Crippen molar-refractivity contribution in [2.24, 2.45) is 5.92 Å². The SMILES string of the molecule is COCc1nc2n(n1)CCC[C@H]2NS(=O)(=O)CC(C)C. The highest BCUT2D eigenvalue weighted by molar-refractivity contribution is 7.89. The zero-order chi connectivity index (χ0) is 14.8. The number of aryl methyl sites for hydroxylation is 1. The van der Waals surface area contributed by atoms with Crippen molar-refractivity contribution in [2.75, 3.05) is 12.9 Å². The summed E-state index contributed by atoms with van der Waals surface area (Å²) in [6, 6.07) is -0.286. The van der Waals surface area contributed by atoms with E-state index in [9.17, 15) is 8.42 Å². The first-order valence-corrected chi connectivity index (χ1v) is 8.49. The van der Waals surface area contributed by atoms with Crippen LogP contribution in [0.25, 0.3) is 0 Å². The molecular formula is C12H22N4O3S. The minimum absolute atomic E-state index is 0.0954. The molecule has 7 nitrogen and oxygen atoms in total. The standard InChI is InChI=1S/C12H22N4O3S/c1-9(2)8-20(17,18)15-10-5-4-6-16-12(10)13-11(14-16)7-19-3/h9-10,15H,4-8H2,1-3H3/t10-/m1/s1. The monoisotopic (exact) mass is 302 g/mol. The highest BCUT2D eigenvalue weighted by Gasteiger charge is 2.28. The van der Waals surface area contributed by atoms with Gasteiger partial charge in [-0.2, -0.15) is 5.10 Å². The molecule has 0 saturated heterocycles. The average Bonchev–Trinajstić information content (AvgIpc) is 2.71. The summed E-state index contributed by atoms with van der Waals surface area (Å²) in [6.45, 7) is 4.89. The maximum Gasteiger partial charge on any atom is 0.212 e. The largest absolute Gasteiger partial charge is 0.377 e. The summed E-state index contributed by atoms with van der Waals surface area (Å²) in [4.78, 5) is 4.39. The summed E-state index contributed by atoms with van der Waals surface area (Å²) in [5, 5.41) is 4.33. The lowest BCUT2D eigenvalue weighted by atomic mass is 10.1. The number of rotatable bonds is 6. The third kappa shape index (κ3) is 3.77. The molecule has 2 rings (SSSR count). The van der Waals surface area contributed by atoms with Gasteiger partial charge in [0.2, 0.25) is 10.0 Å². The number of hydrogen-bond acceptors (Lipinski definition) is 5. The maximum absolute atomic E-state index is 12.1. The topological polar surface area (TPSA) is 86.1 Å². The van der Waals surface area contributed by atoms with Gasteiger partial charge in [0.25, 0.3) is 0 Å². The zero-order valence-electron chi connectivity index (χ0n) is 12.2. The third-order valence-corrected chi connectivity index (χ3v) is 4.82. The van der Waals surface area contributed by atoms with Crippen LogP contribution in [0.4, 0.5) is 0 Å². The number of nitrogens with zero attached hydrogens (tertiary/aromatic N) is 3. The second-order valence-electron chi connectivity index (χ2n) is 5.53. The van der Waals surface area contributed by atoms with Crippen molar-refractivity contribution in [3.05, 3.63) is 11.6 Å². The Kier molecular flexibility index (Phi) is 4.77. The van der Waals surface area contributed by atoms with E-state index in [1.54, 1.807) is 11.8 Å². The highest BCUT2D eigenvalue weighted by Crippen LogP contribution is 2.24. The summed E-state index contributed by atoms with van der Waals surface area (Å²) in [7, 11) is -1.70. The van der Waals surface area contributed by atoms with Crippen LogP contribution in [0.5, 0.6) is 0 Å². The molecule has 0 saturated carbocycles. The number of nitrogens with one attached hydrogen (secondary N) is 1. The zero-order valence-corrected chi connectivity index (χ0v) is 13.0. The Morgan fingerprint density at radius 1 is 1.50 bits per heavy atom. The van der Waals surface area contributed by atoms with Crippen molar-refractivity contribution < 1.29 is 13.2 Å². The van der Waals surface area contributed by atoms with E-state index in [1.165, 1.54) is 0 Å². The van der Waals surface area contributed by atoms with Crippen LogP contribution in [-0.4, -0.2) is 36.0 Å². The summed E-state index contributed by atoms with van der Waals surface area (Å²) in [5.74, 6) is 1.51. The van der Waals surface area contributed by atoms with E-state index in [1.807, 2.05) is 13.8 Å². The molecule has 0 radical (unpaired) electrons. The minimum atomic E-state index is -3.29. The Labute approximate surface area is 119 Å². The number of aromatic nitrogens is 3. The molecule has 114 valence electrons. The Morgan fingerprint density at radius 3 is 2.90 bits per heavy atom. The van der Waals surface area contributed by atoms with Crippen molar-refractivity contribution >= 4 is 10.0 Å². The summed E-state index contributed by atoms with van der Waals surface area (Å²) in [6.07, 6.45) is 1.64. The van der Waals surface area contributed by atoms with Gasteiger partial charge in [0.1, 0.15) is 12.4 Å². The first-order chi connectivity index (χ1) is 9.41. The Bertz CT molecular complexity index is 553. The van der Waals surface area contributed by atoms with Crippen LogP contribution in [0.1, 0.15) is 44.4 Å². The van der Waals surface area contributed by atoms with E-state index in [-0.39, 0.29) is 17.7 Å². The van der Waals surface area contributed by atoms with E-state index in [0.717, 1.165) is 19.4 Å². The quantitative estimate of drug-likeness (QED) is 0.841. The molecule has 0 fully saturated rings. The van der Waals surface area contributed by atoms with E-state index in [0.29, 0.717) is 18.3 Å². The smallest absolute Gasteiger partial charge is 0.212 e. The normalized spacial score (nSPS) is 19.3. The molecule has 8 heteroatoms. The second-order valence-corrected chi connectivity index (χ2v) is 7.33. The molecule has 1 N–H and O–H groups in total. The molecule has 2 heterocycles. The van der Waals surface area contributed by atoms with Gasteiger partial charge in [-0.15, -0.1) is 0 Å². The number of methoxy groups -OCH3 is 1. The van der Waals surface area contributed by atoms with Crippen LogP contribution in [0.15, 0.2) is 0 Å². The molecule has 1 aromatic rings. The number of fused-ring (bicyclic) bond motifs is 1. The molecule has 0 aliphatic carbocycles. The summed E-state index contributed by atoms with van der Waals surface area (Å²) < 4.78 is 33.7. The molecule has 20 heavy (non-hydrogen) atoms. The first-order valence-electron chi connectivity index (χ1n) is 6.84. The van der Waals surface area contributed by atoms with Crippen molar-refractivity contribution in [2.45, 2.75) is 45.9 Å². The maximum atomic E-state index is 12.1. The van der Waals surface area contributed by atoms with Crippen LogP contribution >= 0.6 is 0 Å². The molecular weight excluding hydrogens is 280 g/mol. The van der Waals surface area contributed by atoms with Crippen LogP contribution in [0, 0.1) is 5.92 Å². The molecule has 0 spiro atoms. The minimum Gasteiger partial charge on any atom is -0.377 e. The third-order valence-electron chi connectivity index (χ3n) is 3.07. The summed E-state index contributed by atoms with van der Waals surface area (Å²) in [5.41, 5.74) is 0. The van der Waals surface area contributed by atoms with Crippen molar-refractivity contribution in [1.29, 1.82) is 0 Å². The van der Waals surface area contributed by atoms with Crippen molar-refractivity contribution in [3.63, 3.8) is 0 Å². The van der Waals surface area contributed by atoms with Crippen LogP contribution < -0.4 is 4.72 Å². The number of hydrogen-bond donors (Lipinski definition) is 1. The van der Waals surface area contributed by atoms with Crippen LogP contribution in [0.2, 0.25) is 0 Å². The number of sulfonamides is 1. The van der Waals surface area contributed by atoms with Gasteiger partial charge in [-0.05, 0) is 18.8 Å². The van der Waals surface area contributed by atoms with Crippen LogP contribution in [0.3, 0.4) is 0 Å². The van der Waals surface area contributed by atoms with Gasteiger partial charge in [-0.25, -0.2) is 22.8 Å². The lowest BCUT2D eigenvalue weighted by molar-refractivity contribution is 0.177. The molecule has 1 aliphatic rings. The Morgan fingerprint density at radius 2 is 2.25 bits per heavy atom. The van der Waals surface area contributed by atoms with Gasteiger partial charge < -0.3 is 4.74 Å². The van der Waals surface area contributed by atoms with Crippen molar-refractivity contribution in [1.82, 2.24) is 19.5 Å². The number of ether oxygens (including phenoxy) is 1. The highest BCUT2D eigenvalue weighted by atomic mass is 32.2. The molecule has 1 aromatic heterocycles. The van der Waals surface area contributed by atoms with E-state index < -0.39 is 10.0 Å². The predicted molar refractivity (Wildman–Crippen MR) is 74.5 cm³/mol. The van der Waals surface area contributed by atoms with E-state index in [2.05, 4.69) is 14.8 Å². The van der Waals surface area contributed by atoms with Gasteiger partial charge in [0, 0.05) is 13.7 Å². The van der Waals surface area contributed by atoms with Gasteiger partial charge >= 0.3 is 0 Å². The van der Waals surface area contributed by atoms with Crippen molar-refractivity contribution in [3.8, 4) is 0 Å².